The van der Waals surface area contributed by atoms with Crippen LogP contribution in [-0.4, -0.2) is 33.9 Å². The first-order valence-corrected chi connectivity index (χ1v) is 8.06. The highest BCUT2D eigenvalue weighted by molar-refractivity contribution is 6.07. The Morgan fingerprint density at radius 2 is 1.88 bits per heavy atom. The summed E-state index contributed by atoms with van der Waals surface area (Å²) in [6.45, 7) is 2.20. The van der Waals surface area contributed by atoms with Gasteiger partial charge in [0.2, 0.25) is 5.91 Å². The molecule has 6 heteroatoms. The number of hydrogen-bond acceptors (Lipinski definition) is 3. The van der Waals surface area contributed by atoms with Crippen LogP contribution >= 0.6 is 0 Å². The smallest absolute Gasteiger partial charge is 0.303 e. The van der Waals surface area contributed by atoms with Crippen LogP contribution in [0.4, 0.5) is 0 Å². The first kappa shape index (κ1) is 17.7. The Hall–Kier alpha value is -2.63. The fourth-order valence-corrected chi connectivity index (χ4v) is 2.67. The van der Waals surface area contributed by atoms with Gasteiger partial charge in [0.05, 0.1) is 0 Å². The molecule has 2 rings (SSSR count). The zero-order chi connectivity index (χ0) is 17.5. The number of nitrogens with zero attached hydrogens (tertiary/aromatic N) is 1. The van der Waals surface area contributed by atoms with Gasteiger partial charge in [-0.2, -0.15) is 0 Å². The number of ketones is 1. The maximum Gasteiger partial charge on any atom is 0.303 e. The molecule has 1 aromatic heterocycles. The topological polar surface area (TPSA) is 88.4 Å². The van der Waals surface area contributed by atoms with Gasteiger partial charge >= 0.3 is 5.97 Å². The molecular formula is C18H22N2O4. The zero-order valence-corrected chi connectivity index (χ0v) is 13.7. The molecule has 1 aromatic carbocycles. The molecule has 24 heavy (non-hydrogen) atoms. The van der Waals surface area contributed by atoms with E-state index in [0.29, 0.717) is 18.5 Å². The molecule has 0 spiro atoms. The van der Waals surface area contributed by atoms with E-state index in [1.165, 1.54) is 6.92 Å². The van der Waals surface area contributed by atoms with Gasteiger partial charge in [-0.25, -0.2) is 0 Å². The van der Waals surface area contributed by atoms with E-state index in [2.05, 4.69) is 5.32 Å². The lowest BCUT2D eigenvalue weighted by Gasteiger charge is -2.07. The zero-order valence-electron chi connectivity index (χ0n) is 13.7. The van der Waals surface area contributed by atoms with Crippen LogP contribution in [0.3, 0.4) is 0 Å². The van der Waals surface area contributed by atoms with Crippen LogP contribution in [0.2, 0.25) is 0 Å². The summed E-state index contributed by atoms with van der Waals surface area (Å²) < 4.78 is 1.78. The van der Waals surface area contributed by atoms with Crippen molar-refractivity contribution in [2.24, 2.45) is 0 Å². The second-order valence-corrected chi connectivity index (χ2v) is 5.80. The van der Waals surface area contributed by atoms with Gasteiger partial charge in [-0.15, -0.1) is 0 Å². The van der Waals surface area contributed by atoms with Crippen molar-refractivity contribution in [1.82, 2.24) is 9.88 Å². The van der Waals surface area contributed by atoms with Crippen LogP contribution in [0.1, 0.15) is 43.0 Å². The molecule has 128 valence electrons. The van der Waals surface area contributed by atoms with Crippen LogP contribution in [-0.2, 0) is 16.1 Å². The Morgan fingerprint density at radius 1 is 1.12 bits per heavy atom. The predicted molar refractivity (Wildman–Crippen MR) is 91.1 cm³/mol. The third-order valence-electron chi connectivity index (χ3n) is 3.87. The number of unbranched alkanes of at least 4 members (excludes halogenated alkanes) is 2. The molecule has 0 saturated heterocycles. The van der Waals surface area contributed by atoms with Crippen LogP contribution in [0.5, 0.6) is 0 Å². The molecule has 2 N–H and O–H groups in total. The van der Waals surface area contributed by atoms with Gasteiger partial charge < -0.3 is 15.0 Å². The number of aromatic nitrogens is 1. The molecule has 1 heterocycles. The van der Waals surface area contributed by atoms with E-state index >= 15 is 0 Å². The number of nitrogens with one attached hydrogen (secondary N) is 1. The number of para-hydroxylation sites is 1. The lowest BCUT2D eigenvalue weighted by molar-refractivity contribution is -0.137. The number of carbonyl (C=O) groups is 3. The van der Waals surface area contributed by atoms with Crippen molar-refractivity contribution in [2.75, 3.05) is 6.54 Å². The predicted octanol–water partition coefficient (Wildman–Crippen LogP) is 2.61. The summed E-state index contributed by atoms with van der Waals surface area (Å²) in [6.07, 6.45) is 4.03. The number of benzene rings is 1. The van der Waals surface area contributed by atoms with Crippen LogP contribution in [0, 0.1) is 0 Å². The Kier molecular flexibility index (Phi) is 6.12. The quantitative estimate of drug-likeness (QED) is 0.546. The van der Waals surface area contributed by atoms with Crippen molar-refractivity contribution in [3.63, 3.8) is 0 Å². The van der Waals surface area contributed by atoms with E-state index in [-0.39, 0.29) is 24.7 Å². The number of carboxylic acid groups (broad SMARTS) is 1. The molecule has 0 saturated carbocycles. The second kappa shape index (κ2) is 8.29. The Labute approximate surface area is 140 Å². The number of aliphatic carboxylic acids is 1. The summed E-state index contributed by atoms with van der Waals surface area (Å²) in [7, 11) is 0. The molecule has 0 aliphatic carbocycles. The first-order valence-electron chi connectivity index (χ1n) is 8.06. The van der Waals surface area contributed by atoms with E-state index in [0.717, 1.165) is 23.7 Å². The molecule has 0 aliphatic rings. The van der Waals surface area contributed by atoms with Crippen molar-refractivity contribution in [1.29, 1.82) is 0 Å². The third kappa shape index (κ3) is 4.68. The molecule has 0 radical (unpaired) electrons. The van der Waals surface area contributed by atoms with Gasteiger partial charge in [0.1, 0.15) is 6.54 Å². The van der Waals surface area contributed by atoms with Gasteiger partial charge in [0.25, 0.3) is 0 Å². The number of Topliss-reactive ketones (excluding diaryl/α,β-unsaturated/α-hetero) is 1. The van der Waals surface area contributed by atoms with Gasteiger partial charge in [0.15, 0.2) is 5.78 Å². The monoisotopic (exact) mass is 330 g/mol. The highest BCUT2D eigenvalue weighted by Crippen LogP contribution is 2.21. The van der Waals surface area contributed by atoms with E-state index in [4.69, 9.17) is 5.11 Å². The van der Waals surface area contributed by atoms with Crippen LogP contribution in [0.15, 0.2) is 30.5 Å². The summed E-state index contributed by atoms with van der Waals surface area (Å²) in [5, 5.41) is 12.2. The fraction of sp³-hybridized carbons (Fsp3) is 0.389. The molecule has 6 nitrogen and oxygen atoms in total. The van der Waals surface area contributed by atoms with Crippen LogP contribution in [0.25, 0.3) is 10.9 Å². The number of carboxylic acids is 1. The largest absolute Gasteiger partial charge is 0.481 e. The molecule has 0 unspecified atom stereocenters. The maximum atomic E-state index is 12.1. The van der Waals surface area contributed by atoms with Crippen molar-refractivity contribution < 1.29 is 19.5 Å². The van der Waals surface area contributed by atoms with E-state index in [1.807, 2.05) is 24.3 Å². The number of carbonyl (C=O) groups excluding carboxylic acids is 2. The first-order chi connectivity index (χ1) is 11.5. The Balaban J connectivity index is 1.89. The number of hydrogen-bond donors (Lipinski definition) is 2. The minimum atomic E-state index is -0.792. The number of amides is 1. The van der Waals surface area contributed by atoms with Crippen molar-refractivity contribution in [3.8, 4) is 0 Å². The normalized spacial score (nSPS) is 10.7. The van der Waals surface area contributed by atoms with Gasteiger partial charge in [-0.1, -0.05) is 24.6 Å². The number of fused-ring (bicyclic) bond motifs is 1. The molecule has 2 aromatic rings. The number of rotatable bonds is 9. The molecule has 0 aliphatic heterocycles. The Morgan fingerprint density at radius 3 is 2.58 bits per heavy atom. The minimum absolute atomic E-state index is 0.0243. The van der Waals surface area contributed by atoms with Gasteiger partial charge in [-0.05, 0) is 25.8 Å². The molecule has 0 fully saturated rings. The van der Waals surface area contributed by atoms with E-state index in [9.17, 15) is 14.4 Å². The summed E-state index contributed by atoms with van der Waals surface area (Å²) in [4.78, 5) is 34.2. The minimum Gasteiger partial charge on any atom is -0.481 e. The van der Waals surface area contributed by atoms with E-state index < -0.39 is 5.97 Å². The summed E-state index contributed by atoms with van der Waals surface area (Å²) >= 11 is 0. The third-order valence-corrected chi connectivity index (χ3v) is 3.87. The highest BCUT2D eigenvalue weighted by Gasteiger charge is 2.13. The Bertz CT molecular complexity index is 749. The standard InChI is InChI=1S/C18H22N2O4/c1-13(21)15-11-20(16-8-5-4-7-14(15)16)12-17(22)19-10-6-2-3-9-18(23)24/h4-5,7-8,11H,2-3,6,9-10,12H2,1H3,(H,19,22)(H,23,24). The van der Waals surface area contributed by atoms with Crippen LogP contribution < -0.4 is 5.32 Å². The molecule has 1 amide bonds. The molecular weight excluding hydrogens is 308 g/mol. The summed E-state index contributed by atoms with van der Waals surface area (Å²) in [6, 6.07) is 7.52. The summed E-state index contributed by atoms with van der Waals surface area (Å²) in [5.74, 6) is -0.937. The van der Waals surface area contributed by atoms with Gasteiger partial charge in [0, 0.05) is 35.6 Å². The van der Waals surface area contributed by atoms with Crippen molar-refractivity contribution in [2.45, 2.75) is 39.2 Å². The lowest BCUT2D eigenvalue weighted by Crippen LogP contribution is -2.28. The second-order valence-electron chi connectivity index (χ2n) is 5.80. The average molecular weight is 330 g/mol. The van der Waals surface area contributed by atoms with E-state index in [1.54, 1.807) is 10.8 Å². The lowest BCUT2D eigenvalue weighted by atomic mass is 10.1. The van der Waals surface area contributed by atoms with Gasteiger partial charge in [-0.3, -0.25) is 14.4 Å². The fourth-order valence-electron chi connectivity index (χ4n) is 2.67. The summed E-state index contributed by atoms with van der Waals surface area (Å²) in [5.41, 5.74) is 1.48. The molecule has 0 bridgehead atoms. The highest BCUT2D eigenvalue weighted by atomic mass is 16.4. The SMILES string of the molecule is CC(=O)c1cn(CC(=O)NCCCCCC(=O)O)c2ccccc12. The molecule has 0 atom stereocenters. The average Bonchev–Trinajstić information content (AvgIpc) is 2.89. The van der Waals surface area contributed by atoms with Crippen molar-refractivity contribution in [3.05, 3.63) is 36.0 Å². The maximum absolute atomic E-state index is 12.1. The van der Waals surface area contributed by atoms with Crippen molar-refractivity contribution >= 4 is 28.6 Å².